The first-order valence-electron chi connectivity index (χ1n) is 8.55. The summed E-state index contributed by atoms with van der Waals surface area (Å²) in [5, 5.41) is 2.75. The fourth-order valence-electron chi connectivity index (χ4n) is 2.87. The lowest BCUT2D eigenvalue weighted by molar-refractivity contribution is -0.116. The van der Waals surface area contributed by atoms with Crippen LogP contribution in [0.4, 0.5) is 11.5 Å². The van der Waals surface area contributed by atoms with E-state index in [1.54, 1.807) is 36.4 Å². The summed E-state index contributed by atoms with van der Waals surface area (Å²) in [6.45, 7) is 1.18. The summed E-state index contributed by atoms with van der Waals surface area (Å²) in [7, 11) is -3.39. The second-order valence-corrected chi connectivity index (χ2v) is 8.21. The zero-order chi connectivity index (χ0) is 18.6. The smallest absolute Gasteiger partial charge is 0.243 e. The third kappa shape index (κ3) is 4.39. The van der Waals surface area contributed by atoms with E-state index in [4.69, 9.17) is 5.73 Å². The number of sulfonamides is 1. The van der Waals surface area contributed by atoms with Crippen LogP contribution in [0.15, 0.2) is 47.5 Å². The number of nitrogens with one attached hydrogen (secondary N) is 1. The molecule has 0 spiro atoms. The molecular formula is C18H22N4O3S. The Balaban J connectivity index is 1.55. The van der Waals surface area contributed by atoms with Crippen molar-refractivity contribution in [3.63, 3.8) is 0 Å². The van der Waals surface area contributed by atoms with Gasteiger partial charge >= 0.3 is 0 Å². The van der Waals surface area contributed by atoms with E-state index in [0.717, 1.165) is 18.4 Å². The highest BCUT2D eigenvalue weighted by Crippen LogP contribution is 2.21. The fraction of sp³-hybridized carbons (Fsp3) is 0.333. The van der Waals surface area contributed by atoms with Gasteiger partial charge in [-0.05, 0) is 49.1 Å². The lowest BCUT2D eigenvalue weighted by atomic mass is 10.1. The van der Waals surface area contributed by atoms with Gasteiger partial charge in [0.1, 0.15) is 5.82 Å². The number of aromatic nitrogens is 1. The van der Waals surface area contributed by atoms with E-state index >= 15 is 0 Å². The van der Waals surface area contributed by atoms with Crippen molar-refractivity contribution in [3.05, 3.63) is 48.2 Å². The van der Waals surface area contributed by atoms with Crippen LogP contribution in [-0.4, -0.2) is 36.7 Å². The second kappa shape index (κ2) is 7.84. The summed E-state index contributed by atoms with van der Waals surface area (Å²) >= 11 is 0. The molecule has 1 aromatic carbocycles. The lowest BCUT2D eigenvalue weighted by Gasteiger charge is -2.15. The molecule has 138 valence electrons. The molecule has 2 heterocycles. The first-order chi connectivity index (χ1) is 12.4. The Hall–Kier alpha value is -2.45. The quantitative estimate of drug-likeness (QED) is 0.805. The van der Waals surface area contributed by atoms with Crippen LogP contribution in [-0.2, 0) is 21.2 Å². The Morgan fingerprint density at radius 2 is 1.81 bits per heavy atom. The maximum atomic E-state index is 12.5. The molecule has 0 unspecified atom stereocenters. The van der Waals surface area contributed by atoms with Crippen LogP contribution in [0, 0.1) is 0 Å². The normalized spacial score (nSPS) is 15.1. The first kappa shape index (κ1) is 18.3. The zero-order valence-corrected chi connectivity index (χ0v) is 15.2. The van der Waals surface area contributed by atoms with Crippen molar-refractivity contribution < 1.29 is 13.2 Å². The first-order valence-corrected chi connectivity index (χ1v) is 9.99. The number of hydrogen-bond donors (Lipinski definition) is 2. The van der Waals surface area contributed by atoms with Gasteiger partial charge in [-0.25, -0.2) is 13.4 Å². The minimum absolute atomic E-state index is 0.134. The van der Waals surface area contributed by atoms with Gasteiger partial charge in [0.25, 0.3) is 0 Å². The minimum Gasteiger partial charge on any atom is -0.384 e. The van der Waals surface area contributed by atoms with Crippen molar-refractivity contribution in [1.29, 1.82) is 0 Å². The Morgan fingerprint density at radius 1 is 1.12 bits per heavy atom. The van der Waals surface area contributed by atoms with Crippen molar-refractivity contribution >= 4 is 27.4 Å². The number of carbonyl (C=O) groups excluding carboxylic acids is 1. The van der Waals surface area contributed by atoms with Crippen molar-refractivity contribution in [2.75, 3.05) is 24.1 Å². The van der Waals surface area contributed by atoms with E-state index in [1.165, 1.54) is 10.5 Å². The number of carbonyl (C=O) groups is 1. The molecule has 3 N–H and O–H groups in total. The fourth-order valence-corrected chi connectivity index (χ4v) is 4.38. The molecule has 26 heavy (non-hydrogen) atoms. The van der Waals surface area contributed by atoms with Crippen LogP contribution < -0.4 is 11.1 Å². The third-order valence-electron chi connectivity index (χ3n) is 4.34. The topological polar surface area (TPSA) is 105 Å². The van der Waals surface area contributed by atoms with Crippen LogP contribution >= 0.6 is 0 Å². The van der Waals surface area contributed by atoms with E-state index in [-0.39, 0.29) is 5.91 Å². The molecule has 1 amide bonds. The van der Waals surface area contributed by atoms with Gasteiger partial charge in [0, 0.05) is 19.5 Å². The second-order valence-electron chi connectivity index (χ2n) is 6.28. The maximum absolute atomic E-state index is 12.5. The van der Waals surface area contributed by atoms with E-state index in [9.17, 15) is 13.2 Å². The van der Waals surface area contributed by atoms with Crippen molar-refractivity contribution in [3.8, 4) is 0 Å². The van der Waals surface area contributed by atoms with Gasteiger partial charge in [-0.1, -0.05) is 12.1 Å². The summed E-state index contributed by atoms with van der Waals surface area (Å²) in [6.07, 6.45) is 4.15. The molecule has 8 heteroatoms. The zero-order valence-electron chi connectivity index (χ0n) is 14.4. The number of anilines is 2. The number of nitrogen functional groups attached to an aromatic ring is 1. The van der Waals surface area contributed by atoms with E-state index in [2.05, 4.69) is 10.3 Å². The van der Waals surface area contributed by atoms with Crippen LogP contribution in [0.2, 0.25) is 0 Å². The third-order valence-corrected chi connectivity index (χ3v) is 6.25. The highest BCUT2D eigenvalue weighted by Gasteiger charge is 2.26. The SMILES string of the molecule is Nc1ccc(NC(=O)CCc2ccc(S(=O)(=O)N3CCCC3)cc2)cn1. The van der Waals surface area contributed by atoms with Gasteiger partial charge in [-0.3, -0.25) is 4.79 Å². The number of benzene rings is 1. The van der Waals surface area contributed by atoms with Gasteiger partial charge in [0.2, 0.25) is 15.9 Å². The van der Waals surface area contributed by atoms with Crippen LogP contribution in [0.25, 0.3) is 0 Å². The van der Waals surface area contributed by atoms with Gasteiger partial charge in [-0.15, -0.1) is 0 Å². The monoisotopic (exact) mass is 374 g/mol. The molecule has 1 aliphatic heterocycles. The molecule has 0 radical (unpaired) electrons. The summed E-state index contributed by atoms with van der Waals surface area (Å²) < 4.78 is 26.5. The Morgan fingerprint density at radius 3 is 2.42 bits per heavy atom. The van der Waals surface area contributed by atoms with Gasteiger partial charge in [-0.2, -0.15) is 4.31 Å². The highest BCUT2D eigenvalue weighted by atomic mass is 32.2. The molecule has 0 bridgehead atoms. The lowest BCUT2D eigenvalue weighted by Crippen LogP contribution is -2.27. The van der Waals surface area contributed by atoms with E-state index < -0.39 is 10.0 Å². The number of nitrogens with zero attached hydrogens (tertiary/aromatic N) is 2. The summed E-state index contributed by atoms with van der Waals surface area (Å²) in [5.74, 6) is 0.261. The molecule has 0 saturated carbocycles. The van der Waals surface area contributed by atoms with Crippen molar-refractivity contribution in [2.24, 2.45) is 0 Å². The molecule has 0 aliphatic carbocycles. The summed E-state index contributed by atoms with van der Waals surface area (Å²) in [6, 6.07) is 10.1. The van der Waals surface area contributed by atoms with E-state index in [1.807, 2.05) is 0 Å². The van der Waals surface area contributed by atoms with Gasteiger partial charge < -0.3 is 11.1 Å². The number of pyridine rings is 1. The number of rotatable bonds is 6. The Labute approximate surface area is 153 Å². The van der Waals surface area contributed by atoms with Crippen LogP contribution in [0.1, 0.15) is 24.8 Å². The summed E-state index contributed by atoms with van der Waals surface area (Å²) in [5.41, 5.74) is 7.01. The Kier molecular flexibility index (Phi) is 5.53. The van der Waals surface area contributed by atoms with Crippen molar-refractivity contribution in [2.45, 2.75) is 30.6 Å². The molecule has 1 aromatic heterocycles. The minimum atomic E-state index is -3.39. The molecule has 1 aliphatic rings. The molecule has 0 atom stereocenters. The average Bonchev–Trinajstić information content (AvgIpc) is 3.18. The molecule has 3 rings (SSSR count). The molecule has 1 saturated heterocycles. The predicted molar refractivity (Wildman–Crippen MR) is 100 cm³/mol. The number of hydrogen-bond acceptors (Lipinski definition) is 5. The predicted octanol–water partition coefficient (Wildman–Crippen LogP) is 2.02. The number of nitrogens with two attached hydrogens (primary N) is 1. The Bertz CT molecular complexity index is 858. The van der Waals surface area contributed by atoms with Gasteiger partial charge in [0.15, 0.2) is 0 Å². The standard InChI is InChI=1S/C18H22N4O3S/c19-17-9-6-15(13-20-17)21-18(23)10-5-14-3-7-16(8-4-14)26(24,25)22-11-1-2-12-22/h3-4,6-9,13H,1-2,5,10-12H2,(H2,19,20)(H,21,23). The largest absolute Gasteiger partial charge is 0.384 e. The number of amides is 1. The molecule has 7 nitrogen and oxygen atoms in total. The molecular weight excluding hydrogens is 352 g/mol. The highest BCUT2D eigenvalue weighted by molar-refractivity contribution is 7.89. The summed E-state index contributed by atoms with van der Waals surface area (Å²) in [4.78, 5) is 16.2. The molecule has 2 aromatic rings. The van der Waals surface area contributed by atoms with Crippen LogP contribution in [0.5, 0.6) is 0 Å². The molecule has 1 fully saturated rings. The maximum Gasteiger partial charge on any atom is 0.243 e. The average molecular weight is 374 g/mol. The van der Waals surface area contributed by atoms with Crippen molar-refractivity contribution in [1.82, 2.24) is 9.29 Å². The number of aryl methyl sites for hydroxylation is 1. The van der Waals surface area contributed by atoms with E-state index in [0.29, 0.717) is 42.3 Å². The van der Waals surface area contributed by atoms with Gasteiger partial charge in [0.05, 0.1) is 16.8 Å². The van der Waals surface area contributed by atoms with Crippen LogP contribution in [0.3, 0.4) is 0 Å².